The number of alkyl halides is 3. The van der Waals surface area contributed by atoms with Crippen LogP contribution >= 0.6 is 11.6 Å². The molecule has 0 atom stereocenters. The lowest BCUT2D eigenvalue weighted by Crippen LogP contribution is -2.33. The number of carbonyl (C=O) groups excluding carboxylic acids is 1. The summed E-state index contributed by atoms with van der Waals surface area (Å²) in [4.78, 5) is 11.3. The first-order valence-electron chi connectivity index (χ1n) is 5.62. The van der Waals surface area contributed by atoms with Crippen molar-refractivity contribution in [2.45, 2.75) is 33.4 Å². The van der Waals surface area contributed by atoms with Crippen LogP contribution in [0.1, 0.15) is 30.5 Å². The molecule has 1 aromatic rings. The number of nitrogens with two attached hydrogens (primary N) is 1. The van der Waals surface area contributed by atoms with Gasteiger partial charge in [0.1, 0.15) is 0 Å². The molecule has 0 spiro atoms. The summed E-state index contributed by atoms with van der Waals surface area (Å²) in [6.07, 6.45) is -4.39. The molecule has 0 aliphatic carbocycles. The van der Waals surface area contributed by atoms with Gasteiger partial charge in [0.25, 0.3) is 0 Å². The highest BCUT2D eigenvalue weighted by Crippen LogP contribution is 2.39. The maximum atomic E-state index is 12.9. The van der Waals surface area contributed by atoms with E-state index >= 15 is 0 Å². The molecular weight excluding hydrogens is 279 g/mol. The van der Waals surface area contributed by atoms with Crippen molar-refractivity contribution in [1.29, 1.82) is 0 Å². The summed E-state index contributed by atoms with van der Waals surface area (Å²) in [7, 11) is 0. The fourth-order valence-corrected chi connectivity index (χ4v) is 2.14. The lowest BCUT2D eigenvalue weighted by atomic mass is 9.83. The summed E-state index contributed by atoms with van der Waals surface area (Å²) in [5.74, 6) is -0.560. The minimum atomic E-state index is -4.52. The largest absolute Gasteiger partial charge is 0.418 e. The molecule has 0 saturated heterocycles. The SMILES string of the molecule is Cc1c(CC(C)(C)C(N)=O)ccc(Cl)c1C(F)(F)F. The fourth-order valence-electron chi connectivity index (χ4n) is 1.82. The maximum Gasteiger partial charge on any atom is 0.418 e. The number of benzene rings is 1. The van der Waals surface area contributed by atoms with Gasteiger partial charge in [-0.3, -0.25) is 4.79 Å². The van der Waals surface area contributed by atoms with Crippen LogP contribution in [-0.2, 0) is 17.4 Å². The molecular formula is C13H15ClF3NO. The second-order valence-corrected chi connectivity index (χ2v) is 5.54. The van der Waals surface area contributed by atoms with Gasteiger partial charge in [0.2, 0.25) is 5.91 Å². The number of amides is 1. The average Bonchev–Trinajstić information content (AvgIpc) is 2.20. The number of halogens is 4. The van der Waals surface area contributed by atoms with Gasteiger partial charge in [-0.05, 0) is 30.5 Å². The highest BCUT2D eigenvalue weighted by molar-refractivity contribution is 6.31. The molecule has 0 heterocycles. The normalized spacial score (nSPS) is 12.6. The van der Waals surface area contributed by atoms with Gasteiger partial charge in [-0.25, -0.2) is 0 Å². The molecule has 0 bridgehead atoms. The number of carbonyl (C=O) groups is 1. The van der Waals surface area contributed by atoms with Crippen LogP contribution in [0.3, 0.4) is 0 Å². The Morgan fingerprint density at radius 2 is 1.84 bits per heavy atom. The number of hydrogen-bond acceptors (Lipinski definition) is 1. The first kappa shape index (κ1) is 15.8. The highest BCUT2D eigenvalue weighted by atomic mass is 35.5. The molecule has 19 heavy (non-hydrogen) atoms. The van der Waals surface area contributed by atoms with Gasteiger partial charge >= 0.3 is 6.18 Å². The Morgan fingerprint density at radius 3 is 2.26 bits per heavy atom. The van der Waals surface area contributed by atoms with Gasteiger partial charge in [-0.2, -0.15) is 13.2 Å². The van der Waals surface area contributed by atoms with Crippen molar-refractivity contribution < 1.29 is 18.0 Å². The van der Waals surface area contributed by atoms with E-state index in [0.29, 0.717) is 5.56 Å². The molecule has 0 saturated carbocycles. The van der Waals surface area contributed by atoms with Gasteiger partial charge in [0, 0.05) is 5.41 Å². The predicted octanol–water partition coefficient (Wildman–Crippen LogP) is 3.72. The van der Waals surface area contributed by atoms with Crippen molar-refractivity contribution in [1.82, 2.24) is 0 Å². The minimum Gasteiger partial charge on any atom is -0.369 e. The summed E-state index contributed by atoms with van der Waals surface area (Å²) in [6, 6.07) is 2.70. The number of rotatable bonds is 3. The molecule has 1 aromatic carbocycles. The van der Waals surface area contributed by atoms with E-state index in [1.165, 1.54) is 19.1 Å². The van der Waals surface area contributed by atoms with E-state index in [1.807, 2.05) is 0 Å². The van der Waals surface area contributed by atoms with Crippen LogP contribution in [-0.4, -0.2) is 5.91 Å². The molecule has 0 aromatic heterocycles. The smallest absolute Gasteiger partial charge is 0.369 e. The highest BCUT2D eigenvalue weighted by Gasteiger charge is 2.36. The summed E-state index contributed by atoms with van der Waals surface area (Å²) in [6.45, 7) is 4.54. The van der Waals surface area contributed by atoms with E-state index in [0.717, 1.165) is 0 Å². The van der Waals surface area contributed by atoms with Gasteiger partial charge < -0.3 is 5.73 Å². The lowest BCUT2D eigenvalue weighted by Gasteiger charge is -2.23. The van der Waals surface area contributed by atoms with E-state index in [4.69, 9.17) is 17.3 Å². The van der Waals surface area contributed by atoms with Crippen LogP contribution in [0.4, 0.5) is 13.2 Å². The monoisotopic (exact) mass is 293 g/mol. The Kier molecular flexibility index (Phi) is 4.20. The van der Waals surface area contributed by atoms with Gasteiger partial charge in [-0.15, -0.1) is 0 Å². The average molecular weight is 294 g/mol. The standard InChI is InChI=1S/C13H15ClF3NO/c1-7-8(6-12(2,3)11(18)19)4-5-9(14)10(7)13(15,16)17/h4-5H,6H2,1-3H3,(H2,18,19). The van der Waals surface area contributed by atoms with E-state index < -0.39 is 23.1 Å². The summed E-state index contributed by atoms with van der Waals surface area (Å²) >= 11 is 5.61. The Labute approximate surface area is 114 Å². The van der Waals surface area contributed by atoms with Crippen LogP contribution < -0.4 is 5.73 Å². The third-order valence-electron chi connectivity index (χ3n) is 3.11. The van der Waals surface area contributed by atoms with Crippen molar-refractivity contribution >= 4 is 17.5 Å². The molecule has 106 valence electrons. The van der Waals surface area contributed by atoms with E-state index in [2.05, 4.69) is 0 Å². The van der Waals surface area contributed by atoms with Gasteiger partial charge in [-0.1, -0.05) is 31.5 Å². The fraction of sp³-hybridized carbons (Fsp3) is 0.462. The Hall–Kier alpha value is -1.23. The van der Waals surface area contributed by atoms with Crippen LogP contribution in [0.5, 0.6) is 0 Å². The molecule has 0 radical (unpaired) electrons. The Bertz CT molecular complexity index is 509. The van der Waals surface area contributed by atoms with Crippen molar-refractivity contribution in [3.63, 3.8) is 0 Å². The quantitative estimate of drug-likeness (QED) is 0.907. The van der Waals surface area contributed by atoms with E-state index in [9.17, 15) is 18.0 Å². The van der Waals surface area contributed by atoms with E-state index in [1.54, 1.807) is 13.8 Å². The van der Waals surface area contributed by atoms with Crippen molar-refractivity contribution in [3.05, 3.63) is 33.8 Å². The third kappa shape index (κ3) is 3.41. The second kappa shape index (κ2) is 5.04. The maximum absolute atomic E-state index is 12.9. The van der Waals surface area contributed by atoms with Crippen LogP contribution in [0.25, 0.3) is 0 Å². The zero-order valence-corrected chi connectivity index (χ0v) is 11.6. The summed E-state index contributed by atoms with van der Waals surface area (Å²) in [5.41, 5.74) is 3.92. The van der Waals surface area contributed by atoms with Crippen molar-refractivity contribution in [3.8, 4) is 0 Å². The first-order valence-corrected chi connectivity index (χ1v) is 5.99. The topological polar surface area (TPSA) is 43.1 Å². The Balaban J connectivity index is 3.30. The lowest BCUT2D eigenvalue weighted by molar-refractivity contribution is -0.138. The molecule has 1 rings (SSSR count). The molecule has 0 aliphatic rings. The van der Waals surface area contributed by atoms with Crippen LogP contribution in [0.15, 0.2) is 12.1 Å². The van der Waals surface area contributed by atoms with Crippen LogP contribution in [0.2, 0.25) is 5.02 Å². The van der Waals surface area contributed by atoms with Gasteiger partial charge in [0.05, 0.1) is 10.6 Å². The summed E-state index contributed by atoms with van der Waals surface area (Å²) < 4.78 is 38.7. The molecule has 2 N–H and O–H groups in total. The first-order chi connectivity index (χ1) is 8.47. The van der Waals surface area contributed by atoms with E-state index in [-0.39, 0.29) is 17.0 Å². The van der Waals surface area contributed by atoms with Gasteiger partial charge in [0.15, 0.2) is 0 Å². The number of primary amides is 1. The molecule has 1 amide bonds. The van der Waals surface area contributed by atoms with Crippen molar-refractivity contribution in [2.75, 3.05) is 0 Å². The van der Waals surface area contributed by atoms with Crippen molar-refractivity contribution in [2.24, 2.45) is 11.1 Å². The summed E-state index contributed by atoms with van der Waals surface area (Å²) in [5, 5.41) is -0.342. The zero-order valence-electron chi connectivity index (χ0n) is 10.9. The molecule has 0 aliphatic heterocycles. The van der Waals surface area contributed by atoms with Crippen LogP contribution in [0, 0.1) is 12.3 Å². The Morgan fingerprint density at radius 1 is 1.32 bits per heavy atom. The second-order valence-electron chi connectivity index (χ2n) is 5.13. The zero-order chi connectivity index (χ0) is 15.0. The third-order valence-corrected chi connectivity index (χ3v) is 3.42. The number of hydrogen-bond donors (Lipinski definition) is 1. The molecule has 6 heteroatoms. The molecule has 0 unspecified atom stereocenters. The minimum absolute atomic E-state index is 0.0364. The molecule has 0 fully saturated rings. The predicted molar refractivity (Wildman–Crippen MR) is 67.9 cm³/mol. The molecule has 2 nitrogen and oxygen atoms in total.